The summed E-state index contributed by atoms with van der Waals surface area (Å²) in [4.78, 5) is 11.0. The minimum absolute atomic E-state index is 0.0498. The molecule has 0 heterocycles. The van der Waals surface area contributed by atoms with E-state index < -0.39 is 17.7 Å². The van der Waals surface area contributed by atoms with E-state index in [0.29, 0.717) is 6.07 Å². The number of halogens is 4. The molecule has 0 unspecified atom stereocenters. The lowest BCUT2D eigenvalue weighted by molar-refractivity contribution is -0.137. The van der Waals surface area contributed by atoms with Gasteiger partial charge in [-0.1, -0.05) is 11.6 Å². The van der Waals surface area contributed by atoms with Gasteiger partial charge in [-0.15, -0.1) is 0 Å². The number of nitrogens with zero attached hydrogens (tertiary/aromatic N) is 1. The fourth-order valence-corrected chi connectivity index (χ4v) is 1.94. The van der Waals surface area contributed by atoms with Crippen molar-refractivity contribution in [2.45, 2.75) is 13.1 Å². The van der Waals surface area contributed by atoms with Gasteiger partial charge in [-0.05, 0) is 30.3 Å². The SMILES string of the molecule is CC(=O)Oc1ccc(Cl)c(Oc2cc(C(F)(F)F)ccc2C#N)c1. The molecule has 2 aromatic carbocycles. The van der Waals surface area contributed by atoms with Crippen molar-refractivity contribution in [1.82, 2.24) is 0 Å². The second-order valence-electron chi connectivity index (χ2n) is 4.61. The van der Waals surface area contributed by atoms with Crippen LogP contribution in [-0.2, 0) is 11.0 Å². The molecule has 4 nitrogen and oxygen atoms in total. The van der Waals surface area contributed by atoms with Crippen molar-refractivity contribution in [2.75, 3.05) is 0 Å². The van der Waals surface area contributed by atoms with Crippen LogP contribution < -0.4 is 9.47 Å². The van der Waals surface area contributed by atoms with Gasteiger partial charge in [0.15, 0.2) is 0 Å². The van der Waals surface area contributed by atoms with Crippen LogP contribution in [-0.4, -0.2) is 5.97 Å². The Morgan fingerprint density at radius 2 is 1.88 bits per heavy atom. The molecule has 0 fully saturated rings. The molecular formula is C16H9ClF3NO3. The number of hydrogen-bond acceptors (Lipinski definition) is 4. The van der Waals surface area contributed by atoms with Crippen LogP contribution in [0, 0.1) is 11.3 Å². The van der Waals surface area contributed by atoms with Gasteiger partial charge in [0, 0.05) is 13.0 Å². The van der Waals surface area contributed by atoms with E-state index >= 15 is 0 Å². The Balaban J connectivity index is 2.43. The van der Waals surface area contributed by atoms with Crippen LogP contribution in [0.3, 0.4) is 0 Å². The molecule has 0 bridgehead atoms. The van der Waals surface area contributed by atoms with E-state index in [1.165, 1.54) is 25.1 Å². The zero-order valence-corrected chi connectivity index (χ0v) is 12.9. The second kappa shape index (κ2) is 6.81. The van der Waals surface area contributed by atoms with Gasteiger partial charge in [0.05, 0.1) is 16.1 Å². The van der Waals surface area contributed by atoms with E-state index in [4.69, 9.17) is 26.3 Å². The summed E-state index contributed by atoms with van der Waals surface area (Å²) in [5, 5.41) is 9.10. The van der Waals surface area contributed by atoms with Gasteiger partial charge in [-0.3, -0.25) is 4.79 Å². The molecule has 0 aliphatic rings. The maximum Gasteiger partial charge on any atom is 0.416 e. The third kappa shape index (κ3) is 4.18. The standard InChI is InChI=1S/C16H9ClF3NO3/c1-9(22)23-12-4-5-13(17)15(7-12)24-14-6-11(16(18,19)20)3-2-10(14)8-21/h2-7H,1H3. The largest absolute Gasteiger partial charge is 0.454 e. The van der Waals surface area contributed by atoms with Crippen LogP contribution in [0.2, 0.25) is 5.02 Å². The van der Waals surface area contributed by atoms with E-state index in [0.717, 1.165) is 12.1 Å². The lowest BCUT2D eigenvalue weighted by Gasteiger charge is -2.13. The fraction of sp³-hybridized carbons (Fsp3) is 0.125. The number of carbonyl (C=O) groups excluding carboxylic acids is 1. The molecule has 0 N–H and O–H groups in total. The normalized spacial score (nSPS) is 10.8. The molecule has 8 heteroatoms. The lowest BCUT2D eigenvalue weighted by atomic mass is 10.1. The van der Waals surface area contributed by atoms with Crippen LogP contribution in [0.5, 0.6) is 17.2 Å². The molecule has 0 spiro atoms. The summed E-state index contributed by atoms with van der Waals surface area (Å²) in [5.41, 5.74) is -1.07. The molecule has 2 rings (SSSR count). The van der Waals surface area contributed by atoms with Crippen molar-refractivity contribution in [1.29, 1.82) is 5.26 Å². The Labute approximate surface area is 140 Å². The first-order chi connectivity index (χ1) is 11.2. The van der Waals surface area contributed by atoms with E-state index in [1.54, 1.807) is 6.07 Å². The second-order valence-corrected chi connectivity index (χ2v) is 5.02. The number of ether oxygens (including phenoxy) is 2. The van der Waals surface area contributed by atoms with E-state index in [2.05, 4.69) is 0 Å². The third-order valence-corrected chi connectivity index (χ3v) is 3.13. The first-order valence-corrected chi connectivity index (χ1v) is 6.85. The van der Waals surface area contributed by atoms with E-state index in [-0.39, 0.29) is 27.8 Å². The molecule has 0 radical (unpaired) electrons. The number of carbonyl (C=O) groups is 1. The highest BCUT2D eigenvalue weighted by molar-refractivity contribution is 6.32. The molecule has 0 aromatic heterocycles. The summed E-state index contributed by atoms with van der Waals surface area (Å²) in [5.74, 6) is -0.840. The number of alkyl halides is 3. The zero-order valence-electron chi connectivity index (χ0n) is 12.1. The molecular weight excluding hydrogens is 347 g/mol. The number of benzene rings is 2. The maximum atomic E-state index is 12.8. The van der Waals surface area contributed by atoms with E-state index in [1.807, 2.05) is 0 Å². The third-order valence-electron chi connectivity index (χ3n) is 2.81. The lowest BCUT2D eigenvalue weighted by Crippen LogP contribution is -2.05. The van der Waals surface area contributed by atoms with Crippen LogP contribution in [0.1, 0.15) is 18.1 Å². The average molecular weight is 356 g/mol. The monoisotopic (exact) mass is 355 g/mol. The number of hydrogen-bond donors (Lipinski definition) is 0. The first kappa shape index (κ1) is 17.6. The fourth-order valence-electron chi connectivity index (χ4n) is 1.79. The average Bonchev–Trinajstić information content (AvgIpc) is 2.49. The topological polar surface area (TPSA) is 59.3 Å². The highest BCUT2D eigenvalue weighted by atomic mass is 35.5. The summed E-state index contributed by atoms with van der Waals surface area (Å²) in [6.45, 7) is 1.19. The summed E-state index contributed by atoms with van der Waals surface area (Å²) in [7, 11) is 0. The number of esters is 1. The molecule has 0 saturated carbocycles. The summed E-state index contributed by atoms with van der Waals surface area (Å²) >= 11 is 5.94. The van der Waals surface area contributed by atoms with Crippen molar-refractivity contribution >= 4 is 17.6 Å². The van der Waals surface area contributed by atoms with Crippen LogP contribution in [0.25, 0.3) is 0 Å². The van der Waals surface area contributed by atoms with Gasteiger partial charge in [-0.2, -0.15) is 18.4 Å². The summed E-state index contributed by atoms with van der Waals surface area (Å²) < 4.78 is 48.6. The molecule has 0 amide bonds. The quantitative estimate of drug-likeness (QED) is 0.577. The van der Waals surface area contributed by atoms with E-state index in [9.17, 15) is 18.0 Å². The van der Waals surface area contributed by atoms with Gasteiger partial charge >= 0.3 is 12.1 Å². The van der Waals surface area contributed by atoms with Gasteiger partial charge < -0.3 is 9.47 Å². The molecule has 24 heavy (non-hydrogen) atoms. The van der Waals surface area contributed by atoms with Crippen molar-refractivity contribution in [3.05, 3.63) is 52.5 Å². The summed E-state index contributed by atoms with van der Waals surface area (Å²) in [6, 6.07) is 8.22. The first-order valence-electron chi connectivity index (χ1n) is 6.48. The van der Waals surface area contributed by atoms with Crippen LogP contribution in [0.15, 0.2) is 36.4 Å². The van der Waals surface area contributed by atoms with Crippen molar-refractivity contribution in [3.8, 4) is 23.3 Å². The van der Waals surface area contributed by atoms with Gasteiger partial charge in [0.2, 0.25) is 0 Å². The maximum absolute atomic E-state index is 12.8. The van der Waals surface area contributed by atoms with Crippen molar-refractivity contribution in [2.24, 2.45) is 0 Å². The van der Waals surface area contributed by atoms with Crippen LogP contribution in [0.4, 0.5) is 13.2 Å². The minimum atomic E-state index is -4.59. The van der Waals surface area contributed by atoms with Gasteiger partial charge in [-0.25, -0.2) is 0 Å². The Hall–Kier alpha value is -2.72. The highest BCUT2D eigenvalue weighted by Gasteiger charge is 2.31. The van der Waals surface area contributed by atoms with Crippen molar-refractivity contribution in [3.63, 3.8) is 0 Å². The Bertz CT molecular complexity index is 828. The molecule has 124 valence electrons. The van der Waals surface area contributed by atoms with Gasteiger partial charge in [0.25, 0.3) is 0 Å². The molecule has 0 aliphatic carbocycles. The summed E-state index contributed by atoms with van der Waals surface area (Å²) in [6.07, 6.45) is -4.59. The smallest absolute Gasteiger partial charge is 0.416 e. The van der Waals surface area contributed by atoms with Crippen molar-refractivity contribution < 1.29 is 27.4 Å². The Morgan fingerprint density at radius 1 is 1.17 bits per heavy atom. The Morgan fingerprint density at radius 3 is 2.46 bits per heavy atom. The number of rotatable bonds is 3. The predicted molar refractivity (Wildman–Crippen MR) is 79.0 cm³/mol. The number of nitriles is 1. The molecule has 0 aliphatic heterocycles. The molecule has 2 aromatic rings. The predicted octanol–water partition coefficient (Wildman–Crippen LogP) is 4.95. The zero-order chi connectivity index (χ0) is 17.9. The highest BCUT2D eigenvalue weighted by Crippen LogP contribution is 2.37. The van der Waals surface area contributed by atoms with Crippen LogP contribution >= 0.6 is 11.6 Å². The minimum Gasteiger partial charge on any atom is -0.454 e. The Kier molecular flexibility index (Phi) is 5.00. The molecule has 0 saturated heterocycles. The van der Waals surface area contributed by atoms with Gasteiger partial charge in [0.1, 0.15) is 23.3 Å². The molecule has 0 atom stereocenters.